The van der Waals surface area contributed by atoms with Crippen LogP contribution in [0.4, 0.5) is 11.4 Å². The van der Waals surface area contributed by atoms with Crippen molar-refractivity contribution in [1.82, 2.24) is 5.32 Å². The highest BCUT2D eigenvalue weighted by molar-refractivity contribution is 6.30. The van der Waals surface area contributed by atoms with Crippen LogP contribution in [0.5, 0.6) is 5.75 Å². The molecular formula is C18H16ClN3O4. The van der Waals surface area contributed by atoms with Crippen molar-refractivity contribution in [2.75, 3.05) is 25.0 Å². The van der Waals surface area contributed by atoms with Crippen LogP contribution in [0.25, 0.3) is 6.08 Å². The number of anilines is 1. The molecule has 0 unspecified atom stereocenters. The number of non-ortho nitro benzene ring substituents is 1. The number of rotatable bonds is 6. The third-order valence-corrected chi connectivity index (χ3v) is 4.03. The Morgan fingerprint density at radius 2 is 1.96 bits per heavy atom. The topological polar surface area (TPSA) is 93.5 Å². The van der Waals surface area contributed by atoms with Gasteiger partial charge in [0.25, 0.3) is 11.6 Å². The van der Waals surface area contributed by atoms with E-state index in [-0.39, 0.29) is 18.2 Å². The first-order valence-electron chi connectivity index (χ1n) is 7.92. The number of nitrogens with one attached hydrogen (secondary N) is 2. The number of amides is 1. The third kappa shape index (κ3) is 4.31. The first-order chi connectivity index (χ1) is 12.5. The molecule has 1 aliphatic rings. The minimum absolute atomic E-state index is 0.0356. The molecule has 0 aromatic heterocycles. The number of hydrogen-bond donors (Lipinski definition) is 2. The zero-order valence-electron chi connectivity index (χ0n) is 13.7. The number of fused-ring (bicyclic) bond motifs is 1. The second kappa shape index (κ2) is 7.88. The number of nitro benzene ring substituents is 1. The largest absolute Gasteiger partial charge is 0.488 e. The van der Waals surface area contributed by atoms with Crippen molar-refractivity contribution in [3.05, 3.63) is 68.7 Å². The van der Waals surface area contributed by atoms with Gasteiger partial charge in [-0.3, -0.25) is 14.9 Å². The normalized spacial score (nSPS) is 12.4. The summed E-state index contributed by atoms with van der Waals surface area (Å²) in [5.74, 6) is 0.493. The van der Waals surface area contributed by atoms with Gasteiger partial charge in [0.05, 0.1) is 10.5 Å². The molecule has 0 atom stereocenters. The average molecular weight is 374 g/mol. The second-order valence-corrected chi connectivity index (χ2v) is 6.06. The van der Waals surface area contributed by atoms with Gasteiger partial charge in [0.1, 0.15) is 12.4 Å². The molecule has 0 fully saturated rings. The Labute approximate surface area is 154 Å². The maximum atomic E-state index is 12.2. The number of hydrogen-bond acceptors (Lipinski definition) is 5. The van der Waals surface area contributed by atoms with Crippen LogP contribution in [0.2, 0.25) is 5.02 Å². The molecule has 1 heterocycles. The van der Waals surface area contributed by atoms with Gasteiger partial charge in [-0.2, -0.15) is 0 Å². The lowest BCUT2D eigenvalue weighted by Gasteiger charge is -2.18. The third-order valence-electron chi connectivity index (χ3n) is 3.79. The van der Waals surface area contributed by atoms with E-state index in [2.05, 4.69) is 10.6 Å². The summed E-state index contributed by atoms with van der Waals surface area (Å²) in [7, 11) is 0. The Hall–Kier alpha value is -3.06. The molecule has 134 valence electrons. The lowest BCUT2D eigenvalue weighted by Crippen LogP contribution is -2.32. The molecule has 2 aromatic rings. The molecule has 2 N–H and O–H groups in total. The highest BCUT2D eigenvalue weighted by Gasteiger charge is 2.17. The number of carbonyl (C=O) groups excluding carboxylic acids is 1. The number of halogens is 1. The van der Waals surface area contributed by atoms with E-state index in [0.29, 0.717) is 29.4 Å². The maximum Gasteiger partial charge on any atom is 0.269 e. The van der Waals surface area contributed by atoms with Crippen LogP contribution >= 0.6 is 11.6 Å². The number of carbonyl (C=O) groups is 1. The Kier molecular flexibility index (Phi) is 5.38. The van der Waals surface area contributed by atoms with Crippen molar-refractivity contribution in [3.63, 3.8) is 0 Å². The molecule has 2 aromatic carbocycles. The minimum atomic E-state index is -0.449. The molecular weight excluding hydrogens is 358 g/mol. The quantitative estimate of drug-likeness (QED) is 0.460. The van der Waals surface area contributed by atoms with Crippen molar-refractivity contribution >= 4 is 35.0 Å². The maximum absolute atomic E-state index is 12.2. The Bertz CT molecular complexity index is 865. The van der Waals surface area contributed by atoms with Gasteiger partial charge < -0.3 is 15.4 Å². The number of nitrogens with zero attached hydrogens (tertiary/aromatic N) is 1. The van der Waals surface area contributed by atoms with Crippen LogP contribution in [0.3, 0.4) is 0 Å². The summed E-state index contributed by atoms with van der Waals surface area (Å²) in [6.45, 7) is 1.09. The summed E-state index contributed by atoms with van der Waals surface area (Å²) < 4.78 is 5.56. The molecule has 8 heteroatoms. The molecule has 1 aliphatic heterocycles. The Morgan fingerprint density at radius 1 is 1.19 bits per heavy atom. The zero-order chi connectivity index (χ0) is 18.5. The van der Waals surface area contributed by atoms with Crippen molar-refractivity contribution in [2.45, 2.75) is 0 Å². The summed E-state index contributed by atoms with van der Waals surface area (Å²) >= 11 is 5.96. The van der Waals surface area contributed by atoms with Crippen LogP contribution in [0, 0.1) is 10.1 Å². The van der Waals surface area contributed by atoms with Crippen LogP contribution in [-0.2, 0) is 4.79 Å². The van der Waals surface area contributed by atoms with Crippen molar-refractivity contribution in [2.24, 2.45) is 0 Å². The van der Waals surface area contributed by atoms with E-state index in [9.17, 15) is 14.9 Å². The van der Waals surface area contributed by atoms with Crippen LogP contribution in [0.1, 0.15) is 5.56 Å². The van der Waals surface area contributed by atoms with Gasteiger partial charge in [-0.05, 0) is 36.4 Å². The zero-order valence-corrected chi connectivity index (χ0v) is 14.5. The van der Waals surface area contributed by atoms with E-state index in [1.165, 1.54) is 12.1 Å². The first-order valence-corrected chi connectivity index (χ1v) is 8.30. The molecule has 0 bridgehead atoms. The fourth-order valence-corrected chi connectivity index (χ4v) is 2.66. The van der Waals surface area contributed by atoms with E-state index < -0.39 is 4.92 Å². The number of nitro groups is 1. The van der Waals surface area contributed by atoms with Crippen molar-refractivity contribution in [1.29, 1.82) is 0 Å². The van der Waals surface area contributed by atoms with Gasteiger partial charge in [0.2, 0.25) is 0 Å². The van der Waals surface area contributed by atoms with Crippen LogP contribution in [0.15, 0.2) is 48.0 Å². The predicted octanol–water partition coefficient (Wildman–Crippen LogP) is 3.25. The highest BCUT2D eigenvalue weighted by atomic mass is 35.5. The molecule has 7 nitrogen and oxygen atoms in total. The predicted molar refractivity (Wildman–Crippen MR) is 99.5 cm³/mol. The molecule has 3 rings (SSSR count). The summed E-state index contributed by atoms with van der Waals surface area (Å²) in [6, 6.07) is 11.4. The molecule has 0 saturated heterocycles. The first kappa shape index (κ1) is 17.8. The van der Waals surface area contributed by atoms with E-state index in [1.807, 2.05) is 0 Å². The number of ether oxygens (including phenoxy) is 1. The average Bonchev–Trinajstić information content (AvgIpc) is 2.64. The smallest absolute Gasteiger partial charge is 0.269 e. The van der Waals surface area contributed by atoms with E-state index in [4.69, 9.17) is 16.3 Å². The fraction of sp³-hybridized carbons (Fsp3) is 0.167. The van der Waals surface area contributed by atoms with E-state index >= 15 is 0 Å². The fourth-order valence-electron chi connectivity index (χ4n) is 2.48. The van der Waals surface area contributed by atoms with Crippen LogP contribution in [-0.4, -0.2) is 30.5 Å². The van der Waals surface area contributed by atoms with E-state index in [0.717, 1.165) is 11.3 Å². The summed E-state index contributed by atoms with van der Waals surface area (Å²) in [4.78, 5) is 22.4. The molecule has 0 spiro atoms. The Balaban J connectivity index is 1.49. The molecule has 26 heavy (non-hydrogen) atoms. The standard InChI is InChI=1S/C18H16ClN3O4/c19-14-1-6-17-12(10-14)9-13(11-26-17)18(23)21-8-7-20-15-2-4-16(5-3-15)22(24)25/h1-6,9-10,20H,7-8,11H2,(H,21,23). The minimum Gasteiger partial charge on any atom is -0.488 e. The summed E-state index contributed by atoms with van der Waals surface area (Å²) in [5.41, 5.74) is 2.08. The molecule has 0 saturated carbocycles. The van der Waals surface area contributed by atoms with Gasteiger partial charge in [0, 0.05) is 41.5 Å². The van der Waals surface area contributed by atoms with Gasteiger partial charge in [-0.15, -0.1) is 0 Å². The summed E-state index contributed by atoms with van der Waals surface area (Å²) in [5, 5.41) is 17.1. The van der Waals surface area contributed by atoms with Crippen LogP contribution < -0.4 is 15.4 Å². The van der Waals surface area contributed by atoms with Crippen molar-refractivity contribution < 1.29 is 14.5 Å². The summed E-state index contributed by atoms with van der Waals surface area (Å²) in [6.07, 6.45) is 1.77. The van der Waals surface area contributed by atoms with E-state index in [1.54, 1.807) is 36.4 Å². The second-order valence-electron chi connectivity index (χ2n) is 5.63. The van der Waals surface area contributed by atoms with Gasteiger partial charge >= 0.3 is 0 Å². The highest BCUT2D eigenvalue weighted by Crippen LogP contribution is 2.28. The lowest BCUT2D eigenvalue weighted by atomic mass is 10.1. The van der Waals surface area contributed by atoms with Crippen molar-refractivity contribution in [3.8, 4) is 5.75 Å². The van der Waals surface area contributed by atoms with Gasteiger partial charge in [-0.1, -0.05) is 11.6 Å². The molecule has 1 amide bonds. The van der Waals surface area contributed by atoms with Gasteiger partial charge in [-0.25, -0.2) is 0 Å². The SMILES string of the molecule is O=C(NCCNc1ccc([N+](=O)[O-])cc1)C1=Cc2cc(Cl)ccc2OC1. The number of benzene rings is 2. The Morgan fingerprint density at radius 3 is 2.69 bits per heavy atom. The lowest BCUT2D eigenvalue weighted by molar-refractivity contribution is -0.384. The monoisotopic (exact) mass is 373 g/mol. The van der Waals surface area contributed by atoms with Gasteiger partial charge in [0.15, 0.2) is 0 Å². The molecule has 0 radical (unpaired) electrons. The molecule has 0 aliphatic carbocycles.